The molecule has 2 aromatic carbocycles. The van der Waals surface area contributed by atoms with Crippen LogP contribution in [0.2, 0.25) is 0 Å². The Bertz CT molecular complexity index is 1150. The second kappa shape index (κ2) is 9.59. The third-order valence-corrected chi connectivity index (χ3v) is 7.34. The molecular formula is C22H25N3O4S2. The Balaban J connectivity index is 1.56. The van der Waals surface area contributed by atoms with Gasteiger partial charge in [0.1, 0.15) is 5.75 Å². The molecule has 3 rings (SSSR count). The van der Waals surface area contributed by atoms with Crippen LogP contribution in [0.3, 0.4) is 0 Å². The number of rotatable bonds is 8. The van der Waals surface area contributed by atoms with Gasteiger partial charge in [-0.15, -0.1) is 0 Å². The summed E-state index contributed by atoms with van der Waals surface area (Å²) in [5.74, 6) is 0.239. The molecule has 0 unspecified atom stereocenters. The summed E-state index contributed by atoms with van der Waals surface area (Å²) in [6, 6.07) is 9.20. The highest BCUT2D eigenvalue weighted by molar-refractivity contribution is 7.89. The zero-order valence-electron chi connectivity index (χ0n) is 17.9. The summed E-state index contributed by atoms with van der Waals surface area (Å²) in [6.45, 7) is 7.25. The van der Waals surface area contributed by atoms with E-state index in [0.29, 0.717) is 22.1 Å². The van der Waals surface area contributed by atoms with Gasteiger partial charge in [0.15, 0.2) is 0 Å². The van der Waals surface area contributed by atoms with Crippen molar-refractivity contribution < 1.29 is 17.9 Å². The number of amides is 1. The molecule has 3 aromatic rings. The molecule has 0 saturated carbocycles. The van der Waals surface area contributed by atoms with Crippen LogP contribution in [-0.2, 0) is 21.4 Å². The van der Waals surface area contributed by atoms with Crippen LogP contribution < -0.4 is 14.8 Å². The number of nitrogens with one attached hydrogen (secondary N) is 2. The molecule has 0 saturated heterocycles. The SMILES string of the molecule is Cc1cc(C)c(C)c(S(=O)(=O)NCC(=O)NCc2ccc(Oc3nccs3)cc2)c1C. The van der Waals surface area contributed by atoms with Crippen molar-refractivity contribution in [3.8, 4) is 10.9 Å². The van der Waals surface area contributed by atoms with E-state index < -0.39 is 15.9 Å². The maximum atomic E-state index is 12.8. The molecule has 0 fully saturated rings. The number of benzene rings is 2. The molecule has 0 aliphatic rings. The number of carbonyl (C=O) groups excluding carboxylic acids is 1. The summed E-state index contributed by atoms with van der Waals surface area (Å²) >= 11 is 1.40. The lowest BCUT2D eigenvalue weighted by Crippen LogP contribution is -2.37. The number of aromatic nitrogens is 1. The van der Waals surface area contributed by atoms with Gasteiger partial charge in [-0.05, 0) is 67.6 Å². The first-order chi connectivity index (χ1) is 14.7. The van der Waals surface area contributed by atoms with E-state index in [1.54, 1.807) is 32.2 Å². The van der Waals surface area contributed by atoms with Crippen LogP contribution in [0, 0.1) is 27.7 Å². The molecule has 0 atom stereocenters. The molecule has 7 nitrogen and oxygen atoms in total. The quantitative estimate of drug-likeness (QED) is 0.535. The highest BCUT2D eigenvalue weighted by atomic mass is 32.2. The van der Waals surface area contributed by atoms with E-state index in [1.807, 2.05) is 37.4 Å². The van der Waals surface area contributed by atoms with Gasteiger partial charge >= 0.3 is 0 Å². The fraction of sp³-hybridized carbons (Fsp3) is 0.273. The van der Waals surface area contributed by atoms with Gasteiger partial charge in [-0.25, -0.2) is 18.1 Å². The molecule has 164 valence electrons. The zero-order chi connectivity index (χ0) is 22.6. The Hall–Kier alpha value is -2.75. The van der Waals surface area contributed by atoms with Crippen molar-refractivity contribution in [1.82, 2.24) is 15.0 Å². The summed E-state index contributed by atoms with van der Waals surface area (Å²) in [6.07, 6.45) is 1.67. The Morgan fingerprint density at radius 3 is 2.29 bits per heavy atom. The average molecular weight is 460 g/mol. The smallest absolute Gasteiger partial charge is 0.278 e. The first kappa shape index (κ1) is 22.9. The van der Waals surface area contributed by atoms with Gasteiger partial charge in [-0.2, -0.15) is 0 Å². The Morgan fingerprint density at radius 1 is 1.06 bits per heavy atom. The Kier molecular flexibility index (Phi) is 7.09. The minimum Gasteiger partial charge on any atom is -0.431 e. The molecule has 31 heavy (non-hydrogen) atoms. The molecule has 1 heterocycles. The van der Waals surface area contributed by atoms with Gasteiger partial charge in [-0.1, -0.05) is 29.5 Å². The highest BCUT2D eigenvalue weighted by Gasteiger charge is 2.22. The number of ether oxygens (including phenoxy) is 1. The summed E-state index contributed by atoms with van der Waals surface area (Å²) in [7, 11) is -3.81. The number of aryl methyl sites for hydroxylation is 2. The summed E-state index contributed by atoms with van der Waals surface area (Å²) in [5.41, 5.74) is 4.04. The van der Waals surface area contributed by atoms with Crippen molar-refractivity contribution in [2.24, 2.45) is 0 Å². The number of carbonyl (C=O) groups is 1. The van der Waals surface area contributed by atoms with Crippen molar-refractivity contribution in [3.05, 3.63) is 69.7 Å². The normalized spacial score (nSPS) is 11.4. The van der Waals surface area contributed by atoms with Crippen molar-refractivity contribution in [2.75, 3.05) is 6.54 Å². The predicted molar refractivity (Wildman–Crippen MR) is 121 cm³/mol. The average Bonchev–Trinajstić information content (AvgIpc) is 3.23. The minimum absolute atomic E-state index is 0.244. The van der Waals surface area contributed by atoms with E-state index in [2.05, 4.69) is 15.0 Å². The summed E-state index contributed by atoms with van der Waals surface area (Å²) in [4.78, 5) is 16.5. The van der Waals surface area contributed by atoms with E-state index in [-0.39, 0.29) is 18.0 Å². The second-order valence-electron chi connectivity index (χ2n) is 7.23. The van der Waals surface area contributed by atoms with Crippen molar-refractivity contribution >= 4 is 27.3 Å². The lowest BCUT2D eigenvalue weighted by atomic mass is 10.0. The molecular weight excluding hydrogens is 434 g/mol. The maximum absolute atomic E-state index is 12.8. The number of hydrogen-bond donors (Lipinski definition) is 2. The third-order valence-electron chi connectivity index (χ3n) is 5.02. The molecule has 0 aliphatic carbocycles. The van der Waals surface area contributed by atoms with E-state index in [0.717, 1.165) is 16.7 Å². The van der Waals surface area contributed by atoms with Crippen molar-refractivity contribution in [3.63, 3.8) is 0 Å². The second-order valence-corrected chi connectivity index (χ2v) is 9.80. The van der Waals surface area contributed by atoms with Crippen molar-refractivity contribution in [1.29, 1.82) is 0 Å². The van der Waals surface area contributed by atoms with E-state index in [9.17, 15) is 13.2 Å². The highest BCUT2D eigenvalue weighted by Crippen LogP contribution is 2.26. The van der Waals surface area contributed by atoms with Gasteiger partial charge < -0.3 is 10.1 Å². The minimum atomic E-state index is -3.81. The first-order valence-electron chi connectivity index (χ1n) is 9.67. The van der Waals surface area contributed by atoms with Crippen LogP contribution >= 0.6 is 11.3 Å². The van der Waals surface area contributed by atoms with Gasteiger partial charge in [0.25, 0.3) is 5.19 Å². The Labute approximate surface area is 186 Å². The zero-order valence-corrected chi connectivity index (χ0v) is 19.5. The van der Waals surface area contributed by atoms with E-state index in [4.69, 9.17) is 4.74 Å². The molecule has 0 aliphatic heterocycles. The number of hydrogen-bond acceptors (Lipinski definition) is 6. The van der Waals surface area contributed by atoms with Crippen molar-refractivity contribution in [2.45, 2.75) is 39.1 Å². The largest absolute Gasteiger partial charge is 0.431 e. The standard InChI is InChI=1S/C22H25N3O4S2/c1-14-11-15(2)17(4)21(16(14)3)31(27,28)25-13-20(26)24-12-18-5-7-19(8-6-18)29-22-23-9-10-30-22/h5-11,25H,12-13H2,1-4H3,(H,24,26). The van der Waals surface area contributed by atoms with Crippen LogP contribution in [0.1, 0.15) is 27.8 Å². The molecule has 2 N–H and O–H groups in total. The van der Waals surface area contributed by atoms with Gasteiger partial charge in [0, 0.05) is 18.1 Å². The van der Waals surface area contributed by atoms with Crippen LogP contribution in [0.15, 0.2) is 46.8 Å². The van der Waals surface area contributed by atoms with Crippen LogP contribution in [0.4, 0.5) is 0 Å². The van der Waals surface area contributed by atoms with E-state index in [1.165, 1.54) is 11.3 Å². The van der Waals surface area contributed by atoms with E-state index >= 15 is 0 Å². The third kappa shape index (κ3) is 5.69. The molecule has 1 aromatic heterocycles. The number of nitrogens with zero attached hydrogens (tertiary/aromatic N) is 1. The topological polar surface area (TPSA) is 97.4 Å². The molecule has 1 amide bonds. The lowest BCUT2D eigenvalue weighted by Gasteiger charge is -2.16. The fourth-order valence-corrected chi connectivity index (χ4v) is 5.21. The number of thiazole rings is 1. The Morgan fingerprint density at radius 2 is 1.71 bits per heavy atom. The lowest BCUT2D eigenvalue weighted by molar-refractivity contribution is -0.120. The van der Waals surface area contributed by atoms with Gasteiger partial charge in [0.2, 0.25) is 15.9 Å². The molecule has 0 radical (unpaired) electrons. The summed E-state index contributed by atoms with van der Waals surface area (Å²) < 4.78 is 33.6. The number of sulfonamides is 1. The molecule has 0 bridgehead atoms. The predicted octanol–water partition coefficient (Wildman–Crippen LogP) is 3.76. The monoisotopic (exact) mass is 459 g/mol. The van der Waals surface area contributed by atoms with Crippen LogP contribution in [0.5, 0.6) is 10.9 Å². The maximum Gasteiger partial charge on any atom is 0.278 e. The van der Waals surface area contributed by atoms with Crippen LogP contribution in [0.25, 0.3) is 0 Å². The van der Waals surface area contributed by atoms with Gasteiger partial charge in [-0.3, -0.25) is 4.79 Å². The summed E-state index contributed by atoms with van der Waals surface area (Å²) in [5, 5.41) is 5.11. The molecule has 0 spiro atoms. The van der Waals surface area contributed by atoms with Crippen LogP contribution in [-0.4, -0.2) is 25.9 Å². The first-order valence-corrected chi connectivity index (χ1v) is 12.0. The molecule has 9 heteroatoms. The fourth-order valence-electron chi connectivity index (χ4n) is 3.12. The van der Waals surface area contributed by atoms with Gasteiger partial charge in [0.05, 0.1) is 11.4 Å².